The molecule has 18 heavy (non-hydrogen) atoms. The average molecular weight is 276 g/mol. The van der Waals surface area contributed by atoms with E-state index < -0.39 is 12.0 Å². The molecule has 1 rings (SSSR count). The summed E-state index contributed by atoms with van der Waals surface area (Å²) in [5.74, 6) is -0.0152. The molecule has 0 saturated carbocycles. The average Bonchev–Trinajstić information content (AvgIpc) is 2.82. The Morgan fingerprint density at radius 1 is 1.44 bits per heavy atom. The maximum absolute atomic E-state index is 11.8. The summed E-state index contributed by atoms with van der Waals surface area (Å²) >= 11 is 1.46. The molecule has 2 amide bonds. The summed E-state index contributed by atoms with van der Waals surface area (Å²) in [7, 11) is 1.67. The number of thioether (sulfide) groups is 1. The number of carboxylic acid groups (broad SMARTS) is 1. The predicted octanol–water partition coefficient (Wildman–Crippen LogP) is 0.972. The molecule has 1 aliphatic heterocycles. The van der Waals surface area contributed by atoms with Crippen molar-refractivity contribution in [3.63, 3.8) is 0 Å². The fraction of sp³-hybridized carbons (Fsp3) is 0.818. The van der Waals surface area contributed by atoms with Gasteiger partial charge in [-0.05, 0) is 19.3 Å². The lowest BCUT2D eigenvalue weighted by molar-refractivity contribution is -0.140. The lowest BCUT2D eigenvalue weighted by Gasteiger charge is -2.20. The van der Waals surface area contributed by atoms with Crippen LogP contribution in [0.4, 0.5) is 4.79 Å². The van der Waals surface area contributed by atoms with Gasteiger partial charge in [-0.3, -0.25) is 0 Å². The molecule has 7 heteroatoms. The molecule has 0 aromatic heterocycles. The first-order valence-corrected chi connectivity index (χ1v) is 7.16. The van der Waals surface area contributed by atoms with Gasteiger partial charge < -0.3 is 20.1 Å². The number of hydrogen-bond acceptors (Lipinski definition) is 4. The van der Waals surface area contributed by atoms with E-state index in [9.17, 15) is 9.59 Å². The summed E-state index contributed by atoms with van der Waals surface area (Å²) < 4.78 is 4.93. The minimum atomic E-state index is -0.935. The van der Waals surface area contributed by atoms with Crippen molar-refractivity contribution in [3.05, 3.63) is 0 Å². The molecule has 0 spiro atoms. The van der Waals surface area contributed by atoms with Crippen LogP contribution in [0.3, 0.4) is 0 Å². The Kier molecular flexibility index (Phi) is 6.89. The van der Waals surface area contributed by atoms with Gasteiger partial charge in [0.05, 0.1) is 5.88 Å². The van der Waals surface area contributed by atoms with Gasteiger partial charge in [0.25, 0.3) is 0 Å². The highest BCUT2D eigenvalue weighted by Gasteiger charge is 2.34. The molecule has 0 aromatic carbocycles. The highest BCUT2D eigenvalue weighted by atomic mass is 32.2. The first-order valence-electron chi connectivity index (χ1n) is 6.00. The number of ether oxygens (including phenoxy) is 1. The van der Waals surface area contributed by atoms with Crippen LogP contribution < -0.4 is 5.32 Å². The van der Waals surface area contributed by atoms with Crippen LogP contribution in [0.15, 0.2) is 0 Å². The Bertz CT molecular complexity index is 288. The van der Waals surface area contributed by atoms with E-state index in [-0.39, 0.29) is 6.03 Å². The summed E-state index contributed by atoms with van der Waals surface area (Å²) in [4.78, 5) is 24.1. The van der Waals surface area contributed by atoms with Gasteiger partial charge in [-0.2, -0.15) is 0 Å². The molecule has 0 aliphatic carbocycles. The second-order valence-corrected chi connectivity index (χ2v) is 5.11. The Hall–Kier alpha value is -0.950. The summed E-state index contributed by atoms with van der Waals surface area (Å²) in [5, 5.41) is 11.7. The van der Waals surface area contributed by atoms with Crippen molar-refractivity contribution in [2.24, 2.45) is 0 Å². The molecule has 1 fully saturated rings. The Balaban J connectivity index is 2.18. The number of hydrogen-bond donors (Lipinski definition) is 2. The van der Waals surface area contributed by atoms with Gasteiger partial charge in [-0.1, -0.05) is 0 Å². The van der Waals surface area contributed by atoms with Crippen molar-refractivity contribution in [2.75, 3.05) is 31.9 Å². The number of carboxylic acids is 1. The largest absolute Gasteiger partial charge is 0.480 e. The molecule has 1 atom stereocenters. The van der Waals surface area contributed by atoms with Crippen LogP contribution >= 0.6 is 11.8 Å². The van der Waals surface area contributed by atoms with Gasteiger partial charge in [0.15, 0.2) is 0 Å². The summed E-state index contributed by atoms with van der Waals surface area (Å²) in [6.45, 7) is 1.31. The lowest BCUT2D eigenvalue weighted by atomic mass is 10.2. The zero-order valence-corrected chi connectivity index (χ0v) is 11.4. The number of rotatable bonds is 7. The Labute approximate surface area is 111 Å². The van der Waals surface area contributed by atoms with Crippen LogP contribution in [0.1, 0.15) is 19.3 Å². The van der Waals surface area contributed by atoms with E-state index in [1.165, 1.54) is 16.7 Å². The number of urea groups is 1. The maximum Gasteiger partial charge on any atom is 0.327 e. The van der Waals surface area contributed by atoms with Crippen molar-refractivity contribution >= 4 is 23.8 Å². The predicted molar refractivity (Wildman–Crippen MR) is 69.7 cm³/mol. The van der Waals surface area contributed by atoms with Crippen LogP contribution in [0.2, 0.25) is 0 Å². The molecule has 0 radical (unpaired) electrons. The van der Waals surface area contributed by atoms with Gasteiger partial charge in [-0.25, -0.2) is 9.59 Å². The van der Waals surface area contributed by atoms with Crippen molar-refractivity contribution in [1.82, 2.24) is 10.2 Å². The van der Waals surface area contributed by atoms with Crippen LogP contribution in [-0.4, -0.2) is 59.9 Å². The number of nitrogens with zero attached hydrogens (tertiary/aromatic N) is 1. The monoisotopic (exact) mass is 276 g/mol. The first-order chi connectivity index (χ1) is 8.66. The number of methoxy groups -OCH3 is 1. The van der Waals surface area contributed by atoms with E-state index in [4.69, 9.17) is 9.84 Å². The van der Waals surface area contributed by atoms with Crippen LogP contribution in [-0.2, 0) is 9.53 Å². The smallest absolute Gasteiger partial charge is 0.327 e. The topological polar surface area (TPSA) is 78.9 Å². The Morgan fingerprint density at radius 2 is 2.22 bits per heavy atom. The van der Waals surface area contributed by atoms with Crippen molar-refractivity contribution in [2.45, 2.75) is 25.3 Å². The van der Waals surface area contributed by atoms with Crippen molar-refractivity contribution in [1.29, 1.82) is 0 Å². The zero-order chi connectivity index (χ0) is 13.4. The second-order valence-electron chi connectivity index (χ2n) is 4.11. The van der Waals surface area contributed by atoms with Gasteiger partial charge in [0.1, 0.15) is 6.04 Å². The molecular weight excluding hydrogens is 256 g/mol. The molecule has 104 valence electrons. The number of carbonyl (C=O) groups excluding carboxylic acids is 1. The van der Waals surface area contributed by atoms with Gasteiger partial charge >= 0.3 is 12.0 Å². The van der Waals surface area contributed by atoms with Gasteiger partial charge in [0.2, 0.25) is 0 Å². The van der Waals surface area contributed by atoms with Crippen LogP contribution in [0, 0.1) is 0 Å². The van der Waals surface area contributed by atoms with E-state index in [0.29, 0.717) is 18.2 Å². The summed E-state index contributed by atoms with van der Waals surface area (Å²) in [5.41, 5.74) is 0. The minimum Gasteiger partial charge on any atom is -0.480 e. The lowest BCUT2D eigenvalue weighted by Crippen LogP contribution is -2.47. The quantitative estimate of drug-likeness (QED) is 0.677. The van der Waals surface area contributed by atoms with Crippen LogP contribution in [0.25, 0.3) is 0 Å². The third-order valence-corrected chi connectivity index (χ3v) is 3.74. The molecular formula is C11H20N2O4S. The fourth-order valence-corrected chi connectivity index (χ4v) is 2.84. The highest BCUT2D eigenvalue weighted by molar-refractivity contribution is 7.99. The van der Waals surface area contributed by atoms with E-state index in [0.717, 1.165) is 25.9 Å². The molecule has 1 heterocycles. The zero-order valence-electron chi connectivity index (χ0n) is 10.6. The van der Waals surface area contributed by atoms with Crippen LogP contribution in [0.5, 0.6) is 0 Å². The normalized spacial score (nSPS) is 18.9. The summed E-state index contributed by atoms with van der Waals surface area (Å²) in [6.07, 6.45) is 2.85. The third kappa shape index (κ3) is 4.73. The fourth-order valence-electron chi connectivity index (χ4n) is 1.69. The SMILES string of the molecule is COCCCCCNC(=O)N1CSCC1C(=O)O. The van der Waals surface area contributed by atoms with Crippen molar-refractivity contribution in [3.8, 4) is 0 Å². The number of aliphatic carboxylic acids is 1. The molecule has 1 unspecified atom stereocenters. The van der Waals surface area contributed by atoms with E-state index in [2.05, 4.69) is 5.32 Å². The maximum atomic E-state index is 11.8. The standard InChI is InChI=1S/C11H20N2O4S/c1-17-6-4-2-3-5-12-11(16)13-8-18-7-9(13)10(14)15/h9H,2-8H2,1H3,(H,12,16)(H,14,15). The first kappa shape index (κ1) is 15.1. The van der Waals surface area contributed by atoms with Gasteiger partial charge in [-0.15, -0.1) is 11.8 Å². The number of amides is 2. The number of nitrogens with one attached hydrogen (secondary N) is 1. The molecule has 1 aliphatic rings. The second kappa shape index (κ2) is 8.20. The molecule has 0 bridgehead atoms. The molecule has 6 nitrogen and oxygen atoms in total. The molecule has 1 saturated heterocycles. The van der Waals surface area contributed by atoms with Gasteiger partial charge in [0, 0.05) is 26.0 Å². The van der Waals surface area contributed by atoms with E-state index in [1.54, 1.807) is 7.11 Å². The Morgan fingerprint density at radius 3 is 2.89 bits per heavy atom. The number of unbranched alkanes of at least 4 members (excludes halogenated alkanes) is 2. The molecule has 0 aromatic rings. The third-order valence-electron chi connectivity index (χ3n) is 2.73. The highest BCUT2D eigenvalue weighted by Crippen LogP contribution is 2.20. The minimum absolute atomic E-state index is 0.279. The van der Waals surface area contributed by atoms with Crippen molar-refractivity contribution < 1.29 is 19.4 Å². The van der Waals surface area contributed by atoms with E-state index in [1.807, 2.05) is 0 Å². The summed E-state index contributed by atoms with van der Waals surface area (Å²) in [6, 6.07) is -0.970. The van der Waals surface area contributed by atoms with E-state index >= 15 is 0 Å². The number of carbonyl (C=O) groups is 2. The molecule has 2 N–H and O–H groups in total.